The first-order valence-electron chi connectivity index (χ1n) is 8.47. The summed E-state index contributed by atoms with van der Waals surface area (Å²) in [6.07, 6.45) is 0.976. The number of hydrogen-bond donors (Lipinski definition) is 2. The SMILES string of the molecule is Cc1ccc(S(=O)(=O)NCC2NCCc3ccccc32)cc1N(C)C. The van der Waals surface area contributed by atoms with Crippen molar-refractivity contribution in [2.75, 3.05) is 32.1 Å². The molecule has 1 atom stereocenters. The van der Waals surface area contributed by atoms with Crippen LogP contribution in [0.3, 0.4) is 0 Å². The Morgan fingerprint density at radius 3 is 2.72 bits per heavy atom. The Labute approximate surface area is 150 Å². The smallest absolute Gasteiger partial charge is 0.240 e. The minimum Gasteiger partial charge on any atom is -0.377 e. The van der Waals surface area contributed by atoms with Crippen LogP contribution in [-0.2, 0) is 16.4 Å². The monoisotopic (exact) mass is 359 g/mol. The molecule has 2 aromatic rings. The van der Waals surface area contributed by atoms with Crippen LogP contribution in [0.25, 0.3) is 0 Å². The van der Waals surface area contributed by atoms with Crippen molar-refractivity contribution in [3.05, 3.63) is 59.2 Å². The molecule has 134 valence electrons. The summed E-state index contributed by atoms with van der Waals surface area (Å²) in [6, 6.07) is 13.4. The summed E-state index contributed by atoms with van der Waals surface area (Å²) in [4.78, 5) is 2.22. The van der Waals surface area contributed by atoms with E-state index in [1.807, 2.05) is 44.1 Å². The molecular weight excluding hydrogens is 334 g/mol. The van der Waals surface area contributed by atoms with Crippen LogP contribution in [0.2, 0.25) is 0 Å². The van der Waals surface area contributed by atoms with Gasteiger partial charge in [-0.25, -0.2) is 13.1 Å². The lowest BCUT2D eigenvalue weighted by atomic mass is 9.95. The zero-order chi connectivity index (χ0) is 18.0. The number of anilines is 1. The van der Waals surface area contributed by atoms with Crippen molar-refractivity contribution < 1.29 is 8.42 Å². The largest absolute Gasteiger partial charge is 0.377 e. The predicted molar refractivity (Wildman–Crippen MR) is 102 cm³/mol. The van der Waals surface area contributed by atoms with E-state index in [9.17, 15) is 8.42 Å². The number of rotatable bonds is 5. The Bertz CT molecular complexity index is 863. The normalized spacial score (nSPS) is 17.2. The highest BCUT2D eigenvalue weighted by Crippen LogP contribution is 2.24. The van der Waals surface area contributed by atoms with Gasteiger partial charge in [0.15, 0.2) is 0 Å². The van der Waals surface area contributed by atoms with Crippen molar-refractivity contribution in [2.45, 2.75) is 24.3 Å². The van der Waals surface area contributed by atoms with Crippen LogP contribution in [0.5, 0.6) is 0 Å². The highest BCUT2D eigenvalue weighted by atomic mass is 32.2. The molecule has 1 unspecified atom stereocenters. The maximum absolute atomic E-state index is 12.7. The molecule has 0 fully saturated rings. The summed E-state index contributed by atoms with van der Waals surface area (Å²) in [5.74, 6) is 0. The van der Waals surface area contributed by atoms with Gasteiger partial charge in [0.25, 0.3) is 0 Å². The fourth-order valence-corrected chi connectivity index (χ4v) is 4.36. The summed E-state index contributed by atoms with van der Waals surface area (Å²) < 4.78 is 28.2. The van der Waals surface area contributed by atoms with Crippen LogP contribution in [0.15, 0.2) is 47.4 Å². The Kier molecular flexibility index (Phi) is 5.13. The molecule has 0 spiro atoms. The van der Waals surface area contributed by atoms with Gasteiger partial charge in [-0.15, -0.1) is 0 Å². The van der Waals surface area contributed by atoms with Crippen molar-refractivity contribution in [1.29, 1.82) is 0 Å². The molecule has 2 N–H and O–H groups in total. The van der Waals surface area contributed by atoms with E-state index in [0.717, 1.165) is 24.2 Å². The molecule has 6 heteroatoms. The van der Waals surface area contributed by atoms with Crippen LogP contribution < -0.4 is 14.9 Å². The summed E-state index contributed by atoms with van der Waals surface area (Å²) in [5.41, 5.74) is 4.42. The van der Waals surface area contributed by atoms with E-state index in [0.29, 0.717) is 11.4 Å². The van der Waals surface area contributed by atoms with Crippen LogP contribution in [0, 0.1) is 6.92 Å². The first kappa shape index (κ1) is 17.9. The predicted octanol–water partition coefficient (Wildman–Crippen LogP) is 2.23. The van der Waals surface area contributed by atoms with Gasteiger partial charge in [-0.2, -0.15) is 0 Å². The van der Waals surface area contributed by atoms with E-state index in [1.54, 1.807) is 12.1 Å². The van der Waals surface area contributed by atoms with Gasteiger partial charge >= 0.3 is 0 Å². The van der Waals surface area contributed by atoms with E-state index in [-0.39, 0.29) is 6.04 Å². The summed E-state index contributed by atoms with van der Waals surface area (Å²) in [5, 5.41) is 3.40. The number of nitrogens with zero attached hydrogens (tertiary/aromatic N) is 1. The van der Waals surface area contributed by atoms with Crippen molar-refractivity contribution >= 4 is 15.7 Å². The lowest BCUT2D eigenvalue weighted by molar-refractivity contribution is 0.491. The van der Waals surface area contributed by atoms with Gasteiger partial charge in [0.05, 0.1) is 4.90 Å². The molecule has 1 heterocycles. The molecule has 5 nitrogen and oxygen atoms in total. The van der Waals surface area contributed by atoms with Crippen LogP contribution in [-0.4, -0.2) is 35.6 Å². The van der Waals surface area contributed by atoms with Crippen molar-refractivity contribution in [3.63, 3.8) is 0 Å². The first-order valence-corrected chi connectivity index (χ1v) is 9.95. The average molecular weight is 359 g/mol. The summed E-state index contributed by atoms with van der Waals surface area (Å²) >= 11 is 0. The number of sulfonamides is 1. The molecule has 0 bridgehead atoms. The second-order valence-corrected chi connectivity index (χ2v) is 8.42. The van der Waals surface area contributed by atoms with Crippen LogP contribution in [0.1, 0.15) is 22.7 Å². The average Bonchev–Trinajstić information content (AvgIpc) is 2.60. The van der Waals surface area contributed by atoms with Gasteiger partial charge in [-0.05, 0) is 48.7 Å². The molecule has 3 rings (SSSR count). The molecule has 25 heavy (non-hydrogen) atoms. The number of hydrogen-bond acceptors (Lipinski definition) is 4. The van der Waals surface area contributed by atoms with Gasteiger partial charge in [0, 0.05) is 32.4 Å². The highest BCUT2D eigenvalue weighted by molar-refractivity contribution is 7.89. The third-order valence-corrected chi connectivity index (χ3v) is 6.09. The Hall–Kier alpha value is -1.89. The lowest BCUT2D eigenvalue weighted by Gasteiger charge is -2.27. The fourth-order valence-electron chi connectivity index (χ4n) is 3.29. The highest BCUT2D eigenvalue weighted by Gasteiger charge is 2.22. The van der Waals surface area contributed by atoms with Gasteiger partial charge in [0.1, 0.15) is 0 Å². The maximum Gasteiger partial charge on any atom is 0.240 e. The van der Waals surface area contributed by atoms with E-state index in [4.69, 9.17) is 0 Å². The van der Waals surface area contributed by atoms with Crippen LogP contribution >= 0.6 is 0 Å². The minimum absolute atomic E-state index is 0.00140. The quantitative estimate of drug-likeness (QED) is 0.859. The van der Waals surface area contributed by atoms with Gasteiger partial charge in [-0.3, -0.25) is 0 Å². The van der Waals surface area contributed by atoms with Crippen molar-refractivity contribution in [1.82, 2.24) is 10.0 Å². The molecule has 0 aromatic heterocycles. The molecule has 0 aliphatic carbocycles. The molecule has 0 radical (unpaired) electrons. The summed E-state index contributed by atoms with van der Waals surface area (Å²) in [6.45, 7) is 3.17. The van der Waals surface area contributed by atoms with Crippen molar-refractivity contribution in [3.8, 4) is 0 Å². The third-order valence-electron chi connectivity index (χ3n) is 4.67. The number of nitrogens with one attached hydrogen (secondary N) is 2. The number of fused-ring (bicyclic) bond motifs is 1. The fraction of sp³-hybridized carbons (Fsp3) is 0.368. The van der Waals surface area contributed by atoms with Crippen LogP contribution in [0.4, 0.5) is 5.69 Å². The maximum atomic E-state index is 12.7. The number of benzene rings is 2. The van der Waals surface area contributed by atoms with Crippen molar-refractivity contribution in [2.24, 2.45) is 0 Å². The van der Waals surface area contributed by atoms with E-state index in [1.165, 1.54) is 11.1 Å². The third kappa shape index (κ3) is 3.86. The molecule has 0 amide bonds. The zero-order valence-electron chi connectivity index (χ0n) is 14.9. The van der Waals surface area contributed by atoms with E-state index in [2.05, 4.69) is 22.2 Å². The first-order chi connectivity index (χ1) is 11.9. The van der Waals surface area contributed by atoms with E-state index >= 15 is 0 Å². The standard InChI is InChI=1S/C19H25N3O2S/c1-14-8-9-16(12-19(14)22(2)3)25(23,24)21-13-18-17-7-5-4-6-15(17)10-11-20-18/h4-9,12,18,20-21H,10-11,13H2,1-3H3. The molecule has 0 saturated heterocycles. The number of aryl methyl sites for hydroxylation is 1. The van der Waals surface area contributed by atoms with Gasteiger partial charge < -0.3 is 10.2 Å². The van der Waals surface area contributed by atoms with E-state index < -0.39 is 10.0 Å². The molecule has 0 saturated carbocycles. The lowest BCUT2D eigenvalue weighted by Crippen LogP contribution is -2.38. The topological polar surface area (TPSA) is 61.4 Å². The molecular formula is C19H25N3O2S. The zero-order valence-corrected chi connectivity index (χ0v) is 15.7. The summed E-state index contributed by atoms with van der Waals surface area (Å²) in [7, 11) is 0.272. The molecule has 1 aliphatic heterocycles. The Morgan fingerprint density at radius 2 is 1.96 bits per heavy atom. The second kappa shape index (κ2) is 7.15. The van der Waals surface area contributed by atoms with Gasteiger partial charge in [0.2, 0.25) is 10.0 Å². The van der Waals surface area contributed by atoms with Gasteiger partial charge in [-0.1, -0.05) is 30.3 Å². The molecule has 1 aliphatic rings. The second-order valence-electron chi connectivity index (χ2n) is 6.65. The Morgan fingerprint density at radius 1 is 1.20 bits per heavy atom. The molecule has 2 aromatic carbocycles. The minimum atomic E-state index is -3.55. The Balaban J connectivity index is 1.78.